The maximum absolute atomic E-state index is 13.3. The number of amides is 1. The van der Waals surface area contributed by atoms with Crippen molar-refractivity contribution >= 4 is 22.4 Å². The minimum absolute atomic E-state index is 0.194. The van der Waals surface area contributed by atoms with Gasteiger partial charge in [-0.25, -0.2) is 0 Å². The number of carbonyl (C=O) groups excluding carboxylic acids is 1. The predicted octanol–water partition coefficient (Wildman–Crippen LogP) is 4.67. The van der Waals surface area contributed by atoms with E-state index in [1.54, 1.807) is 36.4 Å². The molecule has 32 heavy (non-hydrogen) atoms. The Balaban J connectivity index is 1.87. The average molecular weight is 439 g/mol. The molecule has 0 radical (unpaired) electrons. The van der Waals surface area contributed by atoms with Crippen molar-refractivity contribution in [2.75, 3.05) is 12.4 Å². The number of anilines is 1. The minimum atomic E-state index is -4.65. The first-order chi connectivity index (χ1) is 15.3. The number of ether oxygens (including phenoxy) is 1. The molecular formula is C23H16F3N3O3. The smallest absolute Gasteiger partial charge is 0.418 e. The highest BCUT2D eigenvalue weighted by atomic mass is 19.4. The Bertz CT molecular complexity index is 1380. The van der Waals surface area contributed by atoms with E-state index in [2.05, 4.69) is 10.4 Å². The number of aromatic nitrogens is 2. The quantitative estimate of drug-likeness (QED) is 0.502. The molecule has 0 unspecified atom stereocenters. The van der Waals surface area contributed by atoms with Crippen LogP contribution in [0.5, 0.6) is 5.75 Å². The number of carbonyl (C=O) groups is 1. The van der Waals surface area contributed by atoms with E-state index in [4.69, 9.17) is 4.74 Å². The molecule has 0 aliphatic rings. The lowest BCUT2D eigenvalue weighted by Crippen LogP contribution is -2.27. The van der Waals surface area contributed by atoms with E-state index < -0.39 is 28.9 Å². The van der Waals surface area contributed by atoms with Crippen LogP contribution < -0.4 is 15.6 Å². The lowest BCUT2D eigenvalue weighted by Gasteiger charge is -2.15. The van der Waals surface area contributed by atoms with Crippen LogP contribution in [0.1, 0.15) is 16.1 Å². The normalized spacial score (nSPS) is 11.4. The first-order valence-electron chi connectivity index (χ1n) is 9.43. The van der Waals surface area contributed by atoms with Crippen LogP contribution in [0.4, 0.5) is 18.9 Å². The zero-order valence-electron chi connectivity index (χ0n) is 16.7. The molecule has 1 heterocycles. The molecule has 0 spiro atoms. The zero-order valence-corrected chi connectivity index (χ0v) is 16.7. The van der Waals surface area contributed by atoms with E-state index in [1.165, 1.54) is 31.4 Å². The molecule has 0 saturated heterocycles. The molecule has 4 rings (SSSR count). The van der Waals surface area contributed by atoms with Crippen LogP contribution >= 0.6 is 0 Å². The number of nitrogens with one attached hydrogen (secondary N) is 1. The third kappa shape index (κ3) is 3.92. The predicted molar refractivity (Wildman–Crippen MR) is 113 cm³/mol. The molecule has 1 N–H and O–H groups in total. The SMILES string of the molecule is COc1cccc(-n2nc(C(=O)Nc3ccccc3C(F)(F)F)c3ccccc3c2=O)c1. The van der Waals surface area contributed by atoms with Gasteiger partial charge in [0.2, 0.25) is 0 Å². The van der Waals surface area contributed by atoms with Gasteiger partial charge in [-0.1, -0.05) is 36.4 Å². The molecule has 0 aliphatic carbocycles. The van der Waals surface area contributed by atoms with Crippen LogP contribution in [0.3, 0.4) is 0 Å². The summed E-state index contributed by atoms with van der Waals surface area (Å²) >= 11 is 0. The van der Waals surface area contributed by atoms with Crippen molar-refractivity contribution in [3.05, 3.63) is 94.4 Å². The number of para-hydroxylation sites is 1. The second-order valence-corrected chi connectivity index (χ2v) is 6.81. The monoisotopic (exact) mass is 439 g/mol. The first-order valence-corrected chi connectivity index (χ1v) is 9.43. The van der Waals surface area contributed by atoms with Crippen molar-refractivity contribution in [2.45, 2.75) is 6.18 Å². The molecule has 9 heteroatoms. The highest BCUT2D eigenvalue weighted by Crippen LogP contribution is 2.34. The Labute approximate surface area is 179 Å². The summed E-state index contributed by atoms with van der Waals surface area (Å²) in [6.07, 6.45) is -4.65. The van der Waals surface area contributed by atoms with Crippen LogP contribution in [0.2, 0.25) is 0 Å². The molecule has 3 aromatic carbocycles. The Morgan fingerprint density at radius 1 is 0.969 bits per heavy atom. The van der Waals surface area contributed by atoms with E-state index in [0.717, 1.165) is 16.8 Å². The van der Waals surface area contributed by atoms with Gasteiger partial charge in [0.15, 0.2) is 5.69 Å². The van der Waals surface area contributed by atoms with Crippen LogP contribution in [-0.4, -0.2) is 22.8 Å². The maximum Gasteiger partial charge on any atom is 0.418 e. The summed E-state index contributed by atoms with van der Waals surface area (Å²) in [6.45, 7) is 0. The summed E-state index contributed by atoms with van der Waals surface area (Å²) in [5.74, 6) is -0.413. The second-order valence-electron chi connectivity index (χ2n) is 6.81. The van der Waals surface area contributed by atoms with Gasteiger partial charge >= 0.3 is 6.18 Å². The number of hydrogen-bond donors (Lipinski definition) is 1. The summed E-state index contributed by atoms with van der Waals surface area (Å²) in [4.78, 5) is 26.1. The highest BCUT2D eigenvalue weighted by molar-refractivity contribution is 6.11. The van der Waals surface area contributed by atoms with Crippen LogP contribution in [0.25, 0.3) is 16.5 Å². The van der Waals surface area contributed by atoms with Gasteiger partial charge in [0, 0.05) is 11.5 Å². The Morgan fingerprint density at radius 3 is 2.38 bits per heavy atom. The standard InChI is InChI=1S/C23H16F3N3O3/c1-32-15-8-6-7-14(13-15)29-22(31)17-10-3-2-9-16(17)20(28-29)21(30)27-19-12-5-4-11-18(19)23(24,25)26/h2-13H,1H3,(H,27,30). The van der Waals surface area contributed by atoms with Gasteiger partial charge in [-0.15, -0.1) is 0 Å². The van der Waals surface area contributed by atoms with Crippen molar-refractivity contribution in [3.8, 4) is 11.4 Å². The topological polar surface area (TPSA) is 73.2 Å². The zero-order chi connectivity index (χ0) is 22.9. The molecular weight excluding hydrogens is 423 g/mol. The Morgan fingerprint density at radius 2 is 1.66 bits per heavy atom. The number of methoxy groups -OCH3 is 1. The summed E-state index contributed by atoms with van der Waals surface area (Å²) in [7, 11) is 1.46. The van der Waals surface area contributed by atoms with Crippen molar-refractivity contribution in [3.63, 3.8) is 0 Å². The van der Waals surface area contributed by atoms with Crippen LogP contribution in [-0.2, 0) is 6.18 Å². The largest absolute Gasteiger partial charge is 0.497 e. The number of rotatable bonds is 4. The van der Waals surface area contributed by atoms with Crippen molar-refractivity contribution < 1.29 is 22.7 Å². The molecule has 4 aromatic rings. The van der Waals surface area contributed by atoms with Crippen LogP contribution in [0, 0.1) is 0 Å². The van der Waals surface area contributed by atoms with Gasteiger partial charge in [0.25, 0.3) is 11.5 Å². The van der Waals surface area contributed by atoms with Gasteiger partial charge < -0.3 is 10.1 Å². The number of nitrogens with zero attached hydrogens (tertiary/aromatic N) is 2. The van der Waals surface area contributed by atoms with Crippen LogP contribution in [0.15, 0.2) is 77.6 Å². The van der Waals surface area contributed by atoms with Gasteiger partial charge in [-0.2, -0.15) is 23.0 Å². The fourth-order valence-electron chi connectivity index (χ4n) is 3.30. The fourth-order valence-corrected chi connectivity index (χ4v) is 3.30. The molecule has 0 fully saturated rings. The highest BCUT2D eigenvalue weighted by Gasteiger charge is 2.34. The van der Waals surface area contributed by atoms with Crippen molar-refractivity contribution in [2.24, 2.45) is 0 Å². The van der Waals surface area contributed by atoms with Crippen molar-refractivity contribution in [1.82, 2.24) is 9.78 Å². The minimum Gasteiger partial charge on any atom is -0.497 e. The number of hydrogen-bond acceptors (Lipinski definition) is 4. The summed E-state index contributed by atoms with van der Waals surface area (Å²) < 4.78 is 46.2. The maximum atomic E-state index is 13.3. The van der Waals surface area contributed by atoms with E-state index in [1.807, 2.05) is 0 Å². The fraction of sp³-hybridized carbons (Fsp3) is 0.0870. The lowest BCUT2D eigenvalue weighted by molar-refractivity contribution is -0.136. The van der Waals surface area contributed by atoms with Gasteiger partial charge in [-0.05, 0) is 30.3 Å². The second kappa shape index (κ2) is 8.18. The van der Waals surface area contributed by atoms with E-state index in [9.17, 15) is 22.8 Å². The number of halogens is 3. The molecule has 162 valence electrons. The average Bonchev–Trinajstić information content (AvgIpc) is 2.79. The Kier molecular flexibility index (Phi) is 5.40. The molecule has 1 amide bonds. The summed E-state index contributed by atoms with van der Waals surface area (Å²) in [5.41, 5.74) is -1.74. The third-order valence-corrected chi connectivity index (χ3v) is 4.80. The summed E-state index contributed by atoms with van der Waals surface area (Å²) in [6, 6.07) is 17.4. The van der Waals surface area contributed by atoms with Crippen molar-refractivity contribution in [1.29, 1.82) is 0 Å². The van der Waals surface area contributed by atoms with E-state index >= 15 is 0 Å². The number of benzene rings is 3. The lowest BCUT2D eigenvalue weighted by atomic mass is 10.1. The number of alkyl halides is 3. The summed E-state index contributed by atoms with van der Waals surface area (Å²) in [5, 5.41) is 6.89. The van der Waals surface area contributed by atoms with E-state index in [-0.39, 0.29) is 16.5 Å². The molecule has 6 nitrogen and oxygen atoms in total. The van der Waals surface area contributed by atoms with Gasteiger partial charge in [-0.3, -0.25) is 9.59 Å². The molecule has 0 saturated carbocycles. The van der Waals surface area contributed by atoms with Gasteiger partial charge in [0.1, 0.15) is 5.75 Å². The molecule has 0 bridgehead atoms. The Hall–Kier alpha value is -4.14. The third-order valence-electron chi connectivity index (χ3n) is 4.80. The molecule has 0 aliphatic heterocycles. The van der Waals surface area contributed by atoms with E-state index in [0.29, 0.717) is 11.4 Å². The molecule has 1 aromatic heterocycles. The first kappa shape index (κ1) is 21.1. The van der Waals surface area contributed by atoms with Gasteiger partial charge in [0.05, 0.1) is 29.4 Å². The molecule has 0 atom stereocenters. The number of fused-ring (bicyclic) bond motifs is 1.